The number of aromatic nitrogens is 2. The van der Waals surface area contributed by atoms with Gasteiger partial charge in [0.05, 0.1) is 0 Å². The molecule has 0 saturated carbocycles. The summed E-state index contributed by atoms with van der Waals surface area (Å²) in [5.41, 5.74) is 1.51. The fourth-order valence-electron chi connectivity index (χ4n) is 2.74. The number of thiophene rings is 1. The molecule has 2 heterocycles. The third-order valence-corrected chi connectivity index (χ3v) is 5.88. The first-order valence-electron chi connectivity index (χ1n) is 6.90. The Kier molecular flexibility index (Phi) is 3.20. The molecule has 0 atom stereocenters. The van der Waals surface area contributed by atoms with Crippen molar-refractivity contribution in [2.75, 3.05) is 0 Å². The van der Waals surface area contributed by atoms with Gasteiger partial charge in [-0.1, -0.05) is 30.0 Å². The van der Waals surface area contributed by atoms with Crippen LogP contribution in [0.15, 0.2) is 46.6 Å². The third-order valence-electron chi connectivity index (χ3n) is 3.67. The van der Waals surface area contributed by atoms with Gasteiger partial charge in [-0.25, -0.2) is 9.97 Å². The lowest BCUT2D eigenvalue weighted by Crippen LogP contribution is -1.98. The Morgan fingerprint density at radius 1 is 1.00 bits per heavy atom. The molecule has 0 N–H and O–H groups in total. The molecule has 0 radical (unpaired) electrons. The summed E-state index contributed by atoms with van der Waals surface area (Å²) < 4.78 is 0. The fraction of sp³-hybridized carbons (Fsp3) is 0.250. The summed E-state index contributed by atoms with van der Waals surface area (Å²) in [6.07, 6.45) is 6.71. The number of rotatable bonds is 2. The lowest BCUT2D eigenvalue weighted by atomic mass is 9.97. The van der Waals surface area contributed by atoms with E-state index in [1.165, 1.54) is 46.4 Å². The molecule has 0 fully saturated rings. The van der Waals surface area contributed by atoms with Crippen LogP contribution in [0.5, 0.6) is 0 Å². The summed E-state index contributed by atoms with van der Waals surface area (Å²) in [4.78, 5) is 12.9. The van der Waals surface area contributed by atoms with Crippen molar-refractivity contribution >= 4 is 33.3 Å². The van der Waals surface area contributed by atoms with Gasteiger partial charge in [-0.2, -0.15) is 0 Å². The molecule has 0 unspecified atom stereocenters. The van der Waals surface area contributed by atoms with E-state index in [2.05, 4.69) is 34.2 Å². The molecular weight excluding hydrogens is 284 g/mol. The summed E-state index contributed by atoms with van der Waals surface area (Å²) in [6, 6.07) is 10.5. The van der Waals surface area contributed by atoms with Gasteiger partial charge in [0.25, 0.3) is 0 Å². The Bertz CT molecular complexity index is 750. The molecule has 100 valence electrons. The average Bonchev–Trinajstić information content (AvgIpc) is 2.88. The number of nitrogens with zero attached hydrogens (tertiary/aromatic N) is 2. The average molecular weight is 298 g/mol. The third kappa shape index (κ3) is 2.13. The lowest BCUT2D eigenvalue weighted by molar-refractivity contribution is 0.699. The Balaban J connectivity index is 1.85. The van der Waals surface area contributed by atoms with Crippen LogP contribution in [0.1, 0.15) is 23.3 Å². The molecule has 1 aliphatic carbocycles. The normalized spacial score (nSPS) is 14.4. The van der Waals surface area contributed by atoms with E-state index < -0.39 is 0 Å². The monoisotopic (exact) mass is 298 g/mol. The zero-order chi connectivity index (χ0) is 13.4. The fourth-order valence-corrected chi connectivity index (χ4v) is 4.97. The lowest BCUT2D eigenvalue weighted by Gasteiger charge is -2.11. The van der Waals surface area contributed by atoms with Crippen molar-refractivity contribution in [3.05, 3.63) is 47.1 Å². The van der Waals surface area contributed by atoms with Crippen LogP contribution in [-0.4, -0.2) is 9.97 Å². The van der Waals surface area contributed by atoms with E-state index in [0.717, 1.165) is 9.86 Å². The molecule has 4 heteroatoms. The van der Waals surface area contributed by atoms with Crippen LogP contribution < -0.4 is 0 Å². The predicted octanol–water partition coefficient (Wildman–Crippen LogP) is 4.72. The highest BCUT2D eigenvalue weighted by Crippen LogP contribution is 2.40. The van der Waals surface area contributed by atoms with Crippen molar-refractivity contribution in [3.8, 4) is 0 Å². The van der Waals surface area contributed by atoms with E-state index in [9.17, 15) is 0 Å². The molecule has 3 aromatic rings. The molecule has 20 heavy (non-hydrogen) atoms. The van der Waals surface area contributed by atoms with Gasteiger partial charge < -0.3 is 0 Å². The van der Waals surface area contributed by atoms with Gasteiger partial charge >= 0.3 is 0 Å². The molecule has 0 spiro atoms. The molecule has 1 aromatic carbocycles. The highest BCUT2D eigenvalue weighted by atomic mass is 32.2. The molecule has 4 rings (SSSR count). The highest BCUT2D eigenvalue weighted by Gasteiger charge is 2.20. The molecule has 2 aromatic heterocycles. The summed E-state index contributed by atoms with van der Waals surface area (Å²) in [5, 5.41) is 2.42. The zero-order valence-corrected chi connectivity index (χ0v) is 12.6. The van der Waals surface area contributed by atoms with Gasteiger partial charge in [-0.15, -0.1) is 11.3 Å². The number of hydrogen-bond donors (Lipinski definition) is 0. The Hall–Kier alpha value is -1.39. The van der Waals surface area contributed by atoms with Gasteiger partial charge in [0.15, 0.2) is 0 Å². The van der Waals surface area contributed by atoms with Gasteiger partial charge in [-0.3, -0.25) is 0 Å². The molecular formula is C16H14N2S2. The summed E-state index contributed by atoms with van der Waals surface area (Å²) in [5.74, 6) is 0. The summed E-state index contributed by atoms with van der Waals surface area (Å²) in [6.45, 7) is 0. The number of hydrogen-bond acceptors (Lipinski definition) is 4. The van der Waals surface area contributed by atoms with Crippen LogP contribution in [0, 0.1) is 0 Å². The molecule has 0 bridgehead atoms. The van der Waals surface area contributed by atoms with E-state index in [1.54, 1.807) is 18.1 Å². The van der Waals surface area contributed by atoms with Gasteiger partial charge in [0, 0.05) is 15.2 Å². The van der Waals surface area contributed by atoms with Crippen LogP contribution >= 0.6 is 23.1 Å². The summed E-state index contributed by atoms with van der Waals surface area (Å²) in [7, 11) is 0. The topological polar surface area (TPSA) is 25.8 Å². The van der Waals surface area contributed by atoms with Crippen molar-refractivity contribution < 1.29 is 0 Å². The van der Waals surface area contributed by atoms with Crippen molar-refractivity contribution in [1.82, 2.24) is 9.97 Å². The largest absolute Gasteiger partial charge is 0.229 e. The maximum absolute atomic E-state index is 4.54. The Labute approximate surface area is 126 Å². The van der Waals surface area contributed by atoms with Crippen LogP contribution in [0.25, 0.3) is 10.2 Å². The smallest absolute Gasteiger partial charge is 0.128 e. The van der Waals surface area contributed by atoms with E-state index in [4.69, 9.17) is 0 Å². The van der Waals surface area contributed by atoms with Crippen LogP contribution in [-0.2, 0) is 12.8 Å². The van der Waals surface area contributed by atoms with Gasteiger partial charge in [0.1, 0.15) is 16.2 Å². The Morgan fingerprint density at radius 3 is 2.75 bits per heavy atom. The molecule has 0 aliphatic heterocycles. The highest BCUT2D eigenvalue weighted by molar-refractivity contribution is 7.99. The van der Waals surface area contributed by atoms with E-state index >= 15 is 0 Å². The van der Waals surface area contributed by atoms with Crippen LogP contribution in [0.3, 0.4) is 0 Å². The number of benzene rings is 1. The minimum Gasteiger partial charge on any atom is -0.229 e. The van der Waals surface area contributed by atoms with Crippen molar-refractivity contribution in [2.45, 2.75) is 35.6 Å². The predicted molar refractivity (Wildman–Crippen MR) is 84.6 cm³/mol. The molecule has 1 aliphatic rings. The van der Waals surface area contributed by atoms with Crippen molar-refractivity contribution in [3.63, 3.8) is 0 Å². The van der Waals surface area contributed by atoms with Gasteiger partial charge in [0.2, 0.25) is 0 Å². The second-order valence-corrected chi connectivity index (χ2v) is 7.13. The zero-order valence-electron chi connectivity index (χ0n) is 11.0. The quantitative estimate of drug-likeness (QED) is 0.640. The van der Waals surface area contributed by atoms with Crippen LogP contribution in [0.4, 0.5) is 0 Å². The summed E-state index contributed by atoms with van der Waals surface area (Å²) >= 11 is 3.61. The first-order chi connectivity index (χ1) is 9.92. The Morgan fingerprint density at radius 2 is 1.85 bits per heavy atom. The van der Waals surface area contributed by atoms with E-state index in [0.29, 0.717) is 0 Å². The molecule has 2 nitrogen and oxygen atoms in total. The van der Waals surface area contributed by atoms with Crippen molar-refractivity contribution in [2.24, 2.45) is 0 Å². The second kappa shape index (κ2) is 5.19. The van der Waals surface area contributed by atoms with Crippen LogP contribution in [0.2, 0.25) is 0 Å². The minimum absolute atomic E-state index is 1.11. The number of fused-ring (bicyclic) bond motifs is 3. The standard InChI is InChI=1S/C16H14N2S2/c1-2-6-11(7-3-1)19-15-14-12-8-4-5-9-13(12)20-16(14)18-10-17-15/h1-3,6-7,10H,4-5,8-9H2. The van der Waals surface area contributed by atoms with E-state index in [-0.39, 0.29) is 0 Å². The molecule has 0 saturated heterocycles. The second-order valence-electron chi connectivity index (χ2n) is 4.98. The maximum Gasteiger partial charge on any atom is 0.128 e. The van der Waals surface area contributed by atoms with E-state index in [1.807, 2.05) is 17.4 Å². The van der Waals surface area contributed by atoms with Gasteiger partial charge in [-0.05, 0) is 43.4 Å². The first-order valence-corrected chi connectivity index (χ1v) is 8.53. The maximum atomic E-state index is 4.54. The SMILES string of the molecule is c1ccc(Sc2ncnc3sc4c(c23)CCCC4)cc1. The molecule has 0 amide bonds. The van der Waals surface area contributed by atoms with Crippen molar-refractivity contribution in [1.29, 1.82) is 0 Å². The minimum atomic E-state index is 1.11. The first kappa shape index (κ1) is 12.4. The number of aryl methyl sites for hydroxylation is 2.